The van der Waals surface area contributed by atoms with Crippen LogP contribution in [-0.2, 0) is 0 Å². The van der Waals surface area contributed by atoms with Gasteiger partial charge in [-0.05, 0) is 23.6 Å². The number of carbonyl (C=O) groups excluding carboxylic acids is 1. The van der Waals surface area contributed by atoms with E-state index in [1.165, 1.54) is 12.1 Å². The summed E-state index contributed by atoms with van der Waals surface area (Å²) in [6.07, 6.45) is 0.770. The van der Waals surface area contributed by atoms with Crippen LogP contribution in [0.3, 0.4) is 0 Å². The number of Topliss-reactive ketones (excluding diaryl/α,β-unsaturated/α-hetero) is 1. The van der Waals surface area contributed by atoms with E-state index >= 15 is 0 Å². The minimum absolute atomic E-state index is 0.00889. The summed E-state index contributed by atoms with van der Waals surface area (Å²) >= 11 is 0. The third-order valence-corrected chi connectivity index (χ3v) is 4.08. The summed E-state index contributed by atoms with van der Waals surface area (Å²) in [5, 5.41) is 0. The quantitative estimate of drug-likeness (QED) is 0.521. The molecule has 130 valence electrons. The van der Waals surface area contributed by atoms with Crippen molar-refractivity contribution in [3.63, 3.8) is 0 Å². The summed E-state index contributed by atoms with van der Waals surface area (Å²) in [6, 6.07) is 23.9. The van der Waals surface area contributed by atoms with Crippen LogP contribution in [0.5, 0.6) is 0 Å². The third kappa shape index (κ3) is 3.94. The van der Waals surface area contributed by atoms with Gasteiger partial charge in [-0.15, -0.1) is 0 Å². The number of benzene rings is 3. The van der Waals surface area contributed by atoms with Crippen LogP contribution in [0.4, 0.5) is 8.78 Å². The fraction of sp³-hybridized carbons (Fsp3) is 0.0870. The zero-order chi connectivity index (χ0) is 18.6. The van der Waals surface area contributed by atoms with Gasteiger partial charge in [-0.25, -0.2) is 0 Å². The summed E-state index contributed by atoms with van der Waals surface area (Å²) in [5.74, 6) is -4.82. The Morgan fingerprint density at radius 1 is 0.769 bits per heavy atom. The standard InChI is InChI=1S/C23H18F2O/c1-17-9-8-14-20(15-17)21(18-10-4-2-5-11-18)16-23(24,25)22(26)19-12-6-3-7-13-19/h2-16H,1H3/b21-16-. The van der Waals surface area contributed by atoms with Crippen molar-refractivity contribution in [3.8, 4) is 0 Å². The van der Waals surface area contributed by atoms with Gasteiger partial charge in [0.25, 0.3) is 0 Å². The van der Waals surface area contributed by atoms with Crippen molar-refractivity contribution in [3.05, 3.63) is 113 Å². The Morgan fingerprint density at radius 3 is 1.88 bits per heavy atom. The number of allylic oxidation sites excluding steroid dienone is 1. The Kier molecular flexibility index (Phi) is 5.08. The Hall–Kier alpha value is -3.07. The first-order chi connectivity index (χ1) is 12.5. The molecular formula is C23H18F2O. The lowest BCUT2D eigenvalue weighted by Gasteiger charge is -2.15. The highest BCUT2D eigenvalue weighted by atomic mass is 19.3. The molecule has 1 nitrogen and oxygen atoms in total. The molecule has 3 aromatic carbocycles. The minimum Gasteiger partial charge on any atom is -0.287 e. The van der Waals surface area contributed by atoms with E-state index in [0.29, 0.717) is 16.7 Å². The smallest absolute Gasteiger partial charge is 0.287 e. The Bertz CT molecular complexity index is 929. The van der Waals surface area contributed by atoms with Crippen LogP contribution >= 0.6 is 0 Å². The molecule has 0 N–H and O–H groups in total. The van der Waals surface area contributed by atoms with Gasteiger partial charge in [-0.3, -0.25) is 4.79 Å². The lowest BCUT2D eigenvalue weighted by molar-refractivity contribution is 0.0384. The molecule has 0 spiro atoms. The van der Waals surface area contributed by atoms with Gasteiger partial charge < -0.3 is 0 Å². The summed E-state index contributed by atoms with van der Waals surface area (Å²) in [4.78, 5) is 12.3. The fourth-order valence-electron chi connectivity index (χ4n) is 2.79. The highest BCUT2D eigenvalue weighted by molar-refractivity contribution is 6.04. The van der Waals surface area contributed by atoms with Gasteiger partial charge in [0.05, 0.1) is 0 Å². The van der Waals surface area contributed by atoms with Crippen LogP contribution in [0.25, 0.3) is 5.57 Å². The molecule has 0 heterocycles. The Labute approximate surface area is 151 Å². The molecule has 3 aromatic rings. The van der Waals surface area contributed by atoms with E-state index in [1.807, 2.05) is 31.2 Å². The molecule has 3 heteroatoms. The average Bonchev–Trinajstić information content (AvgIpc) is 2.67. The van der Waals surface area contributed by atoms with Gasteiger partial charge in [-0.1, -0.05) is 90.5 Å². The van der Waals surface area contributed by atoms with Crippen LogP contribution in [0.1, 0.15) is 27.0 Å². The first-order valence-electron chi connectivity index (χ1n) is 8.30. The number of halogens is 2. The van der Waals surface area contributed by atoms with Gasteiger partial charge in [0.1, 0.15) is 0 Å². The van der Waals surface area contributed by atoms with Crippen molar-refractivity contribution in [2.24, 2.45) is 0 Å². The predicted octanol–water partition coefficient (Wildman–Crippen LogP) is 5.94. The zero-order valence-corrected chi connectivity index (χ0v) is 14.3. The van der Waals surface area contributed by atoms with Crippen molar-refractivity contribution in [1.29, 1.82) is 0 Å². The summed E-state index contributed by atoms with van der Waals surface area (Å²) in [7, 11) is 0. The number of hydrogen-bond donors (Lipinski definition) is 0. The SMILES string of the molecule is Cc1cccc(/C(=C\C(F)(F)C(=O)c2ccccc2)c2ccccc2)c1. The molecule has 26 heavy (non-hydrogen) atoms. The number of aryl methyl sites for hydroxylation is 1. The van der Waals surface area contributed by atoms with Gasteiger partial charge in [0.15, 0.2) is 0 Å². The second kappa shape index (κ2) is 7.44. The maximum Gasteiger partial charge on any atom is 0.329 e. The van der Waals surface area contributed by atoms with Gasteiger partial charge in [-0.2, -0.15) is 8.78 Å². The molecule has 0 radical (unpaired) electrons. The van der Waals surface area contributed by atoms with Crippen LogP contribution in [0.15, 0.2) is 91.0 Å². The Morgan fingerprint density at radius 2 is 1.31 bits per heavy atom. The van der Waals surface area contributed by atoms with E-state index in [2.05, 4.69) is 0 Å². The topological polar surface area (TPSA) is 17.1 Å². The van der Waals surface area contributed by atoms with E-state index in [9.17, 15) is 13.6 Å². The monoisotopic (exact) mass is 348 g/mol. The maximum absolute atomic E-state index is 14.8. The number of alkyl halides is 2. The fourth-order valence-corrected chi connectivity index (χ4v) is 2.79. The normalized spacial score (nSPS) is 12.0. The third-order valence-electron chi connectivity index (χ3n) is 4.08. The number of carbonyl (C=O) groups is 1. The predicted molar refractivity (Wildman–Crippen MR) is 100 cm³/mol. The summed E-state index contributed by atoms with van der Waals surface area (Å²) < 4.78 is 29.6. The van der Waals surface area contributed by atoms with E-state index in [-0.39, 0.29) is 5.56 Å². The van der Waals surface area contributed by atoms with Gasteiger partial charge >= 0.3 is 5.92 Å². The molecule has 0 saturated heterocycles. The molecule has 3 rings (SSSR count). The molecule has 0 amide bonds. The van der Waals surface area contributed by atoms with Gasteiger partial charge in [0, 0.05) is 11.6 Å². The minimum atomic E-state index is -3.61. The molecule has 0 saturated carbocycles. The van der Waals surface area contributed by atoms with E-state index in [0.717, 1.165) is 11.6 Å². The van der Waals surface area contributed by atoms with Crippen molar-refractivity contribution < 1.29 is 13.6 Å². The molecule has 0 unspecified atom stereocenters. The lowest BCUT2D eigenvalue weighted by atomic mass is 9.93. The van der Waals surface area contributed by atoms with Crippen LogP contribution in [-0.4, -0.2) is 11.7 Å². The van der Waals surface area contributed by atoms with Crippen LogP contribution < -0.4 is 0 Å². The van der Waals surface area contributed by atoms with E-state index in [1.54, 1.807) is 48.5 Å². The lowest BCUT2D eigenvalue weighted by Crippen LogP contribution is -2.26. The van der Waals surface area contributed by atoms with E-state index in [4.69, 9.17) is 0 Å². The van der Waals surface area contributed by atoms with Crippen LogP contribution in [0.2, 0.25) is 0 Å². The Balaban J connectivity index is 2.10. The average molecular weight is 348 g/mol. The molecular weight excluding hydrogens is 330 g/mol. The molecule has 0 atom stereocenters. The largest absolute Gasteiger partial charge is 0.329 e. The highest BCUT2D eigenvalue weighted by Gasteiger charge is 2.37. The number of hydrogen-bond acceptors (Lipinski definition) is 1. The second-order valence-corrected chi connectivity index (χ2v) is 6.11. The van der Waals surface area contributed by atoms with Crippen molar-refractivity contribution in [2.45, 2.75) is 12.8 Å². The second-order valence-electron chi connectivity index (χ2n) is 6.11. The molecule has 0 aliphatic rings. The van der Waals surface area contributed by atoms with Crippen LogP contribution in [0, 0.1) is 6.92 Å². The number of ketones is 1. The molecule has 0 aliphatic heterocycles. The first-order valence-corrected chi connectivity index (χ1v) is 8.30. The molecule has 0 bridgehead atoms. The summed E-state index contributed by atoms with van der Waals surface area (Å²) in [6.45, 7) is 1.90. The maximum atomic E-state index is 14.8. The zero-order valence-electron chi connectivity index (χ0n) is 14.3. The highest BCUT2D eigenvalue weighted by Crippen LogP contribution is 2.31. The van der Waals surface area contributed by atoms with Crippen molar-refractivity contribution >= 4 is 11.4 Å². The van der Waals surface area contributed by atoms with Gasteiger partial charge in [0.2, 0.25) is 5.78 Å². The molecule has 0 aromatic heterocycles. The van der Waals surface area contributed by atoms with Crippen molar-refractivity contribution in [1.82, 2.24) is 0 Å². The van der Waals surface area contributed by atoms with E-state index < -0.39 is 11.7 Å². The first kappa shape index (κ1) is 17.7. The number of rotatable bonds is 5. The summed E-state index contributed by atoms with van der Waals surface area (Å²) in [5.41, 5.74) is 2.58. The van der Waals surface area contributed by atoms with Crippen molar-refractivity contribution in [2.75, 3.05) is 0 Å². The molecule has 0 aliphatic carbocycles. The molecule has 0 fully saturated rings.